The van der Waals surface area contributed by atoms with Crippen LogP contribution in [0.3, 0.4) is 0 Å². The molecule has 0 fully saturated rings. The van der Waals surface area contributed by atoms with Gasteiger partial charge in [0.05, 0.1) is 27.0 Å². The van der Waals surface area contributed by atoms with E-state index < -0.39 is 0 Å². The van der Waals surface area contributed by atoms with E-state index in [2.05, 4.69) is 10.4 Å². The summed E-state index contributed by atoms with van der Waals surface area (Å²) in [4.78, 5) is 10.6. The molecule has 0 radical (unpaired) electrons. The van der Waals surface area contributed by atoms with Crippen molar-refractivity contribution >= 4 is 47.0 Å². The number of rotatable bonds is 3. The third-order valence-corrected chi connectivity index (χ3v) is 3.61. The van der Waals surface area contributed by atoms with Crippen LogP contribution >= 0.6 is 34.8 Å². The van der Waals surface area contributed by atoms with Gasteiger partial charge in [0.15, 0.2) is 5.82 Å². The van der Waals surface area contributed by atoms with E-state index >= 15 is 0 Å². The number of amides is 1. The van der Waals surface area contributed by atoms with Gasteiger partial charge < -0.3 is 5.32 Å². The van der Waals surface area contributed by atoms with E-state index in [0.717, 1.165) is 0 Å². The second-order valence-corrected chi connectivity index (χ2v) is 4.55. The maximum absolute atomic E-state index is 10.6. The first-order valence-electron chi connectivity index (χ1n) is 4.92. The fourth-order valence-electron chi connectivity index (χ4n) is 1.49. The van der Waals surface area contributed by atoms with Gasteiger partial charge in [0.1, 0.15) is 11.6 Å². The summed E-state index contributed by atoms with van der Waals surface area (Å²) in [6.45, 7) is 0. The second kappa shape index (κ2) is 5.49. The summed E-state index contributed by atoms with van der Waals surface area (Å²) in [6.07, 6.45) is 1.75. The van der Waals surface area contributed by atoms with E-state index in [1.807, 2.05) is 6.07 Å². The zero-order valence-corrected chi connectivity index (χ0v) is 11.5. The number of halogens is 3. The van der Waals surface area contributed by atoms with Crippen LogP contribution in [-0.2, 0) is 4.79 Å². The van der Waals surface area contributed by atoms with Gasteiger partial charge in [-0.15, -0.1) is 0 Å². The Morgan fingerprint density at radius 2 is 2.05 bits per heavy atom. The van der Waals surface area contributed by atoms with Crippen LogP contribution in [-0.4, -0.2) is 16.2 Å². The van der Waals surface area contributed by atoms with Crippen molar-refractivity contribution in [1.29, 1.82) is 5.26 Å². The third-order valence-electron chi connectivity index (χ3n) is 2.33. The number of carbonyl (C=O) groups excluding carboxylic acids is 1. The molecule has 0 aliphatic heterocycles. The molecule has 5 nitrogen and oxygen atoms in total. The molecule has 1 N–H and O–H groups in total. The van der Waals surface area contributed by atoms with Crippen molar-refractivity contribution in [2.24, 2.45) is 0 Å². The predicted octanol–water partition coefficient (Wildman–Crippen LogP) is 3.27. The molecule has 0 unspecified atom stereocenters. The zero-order chi connectivity index (χ0) is 14.0. The van der Waals surface area contributed by atoms with Crippen LogP contribution < -0.4 is 5.32 Å². The standard InChI is InChI=1S/C11H5Cl3N4O/c12-7-1-2-8(10(14)9(7)13)18-11(16-5-19)6(3-15)4-17-18/h1-2,4-5H,(H,16,19). The molecule has 0 spiro atoms. The number of benzene rings is 1. The molecular weight excluding hydrogens is 311 g/mol. The largest absolute Gasteiger partial charge is 0.312 e. The Hall–Kier alpha value is -1.74. The Morgan fingerprint density at radius 1 is 1.32 bits per heavy atom. The summed E-state index contributed by atoms with van der Waals surface area (Å²) in [6, 6.07) is 5.04. The van der Waals surface area contributed by atoms with Crippen molar-refractivity contribution in [3.63, 3.8) is 0 Å². The summed E-state index contributed by atoms with van der Waals surface area (Å²) in [5.74, 6) is 0.206. The minimum absolute atomic E-state index is 0.173. The number of nitrogens with zero attached hydrogens (tertiary/aromatic N) is 3. The minimum atomic E-state index is 0.173. The van der Waals surface area contributed by atoms with Gasteiger partial charge in [-0.2, -0.15) is 10.4 Å². The number of hydrogen-bond donors (Lipinski definition) is 1. The van der Waals surface area contributed by atoms with E-state index in [-0.39, 0.29) is 21.4 Å². The Bertz CT molecular complexity index is 690. The Morgan fingerprint density at radius 3 is 2.68 bits per heavy atom. The Balaban J connectivity index is 2.66. The van der Waals surface area contributed by atoms with E-state index in [9.17, 15) is 4.79 Å². The van der Waals surface area contributed by atoms with Crippen LogP contribution in [0.15, 0.2) is 18.3 Å². The normalized spacial score (nSPS) is 10.0. The first-order valence-corrected chi connectivity index (χ1v) is 6.05. The monoisotopic (exact) mass is 314 g/mol. The van der Waals surface area contributed by atoms with Crippen LogP contribution in [0.5, 0.6) is 0 Å². The van der Waals surface area contributed by atoms with Crippen molar-refractivity contribution < 1.29 is 4.79 Å². The number of aromatic nitrogens is 2. The highest BCUT2D eigenvalue weighted by atomic mass is 35.5. The topological polar surface area (TPSA) is 70.7 Å². The highest BCUT2D eigenvalue weighted by Gasteiger charge is 2.16. The van der Waals surface area contributed by atoms with Crippen molar-refractivity contribution in [2.45, 2.75) is 0 Å². The van der Waals surface area contributed by atoms with Gasteiger partial charge in [0.2, 0.25) is 6.41 Å². The van der Waals surface area contributed by atoms with Crippen molar-refractivity contribution in [1.82, 2.24) is 9.78 Å². The van der Waals surface area contributed by atoms with Crippen molar-refractivity contribution in [2.75, 3.05) is 5.32 Å². The smallest absolute Gasteiger partial charge is 0.212 e. The first-order chi connectivity index (χ1) is 9.10. The average Bonchev–Trinajstić information content (AvgIpc) is 2.80. The lowest BCUT2D eigenvalue weighted by molar-refractivity contribution is -0.105. The fraction of sp³-hybridized carbons (Fsp3) is 0. The van der Waals surface area contributed by atoms with Crippen LogP contribution in [0.2, 0.25) is 15.1 Å². The second-order valence-electron chi connectivity index (χ2n) is 3.39. The molecule has 8 heteroatoms. The van der Waals surface area contributed by atoms with Gasteiger partial charge in [-0.1, -0.05) is 34.8 Å². The molecule has 1 aromatic carbocycles. The molecule has 1 amide bonds. The lowest BCUT2D eigenvalue weighted by atomic mass is 10.3. The van der Waals surface area contributed by atoms with Gasteiger partial charge in [0, 0.05) is 0 Å². The lowest BCUT2D eigenvalue weighted by Gasteiger charge is -2.10. The third kappa shape index (κ3) is 2.38. The maximum atomic E-state index is 10.6. The fourth-order valence-corrected chi connectivity index (χ4v) is 2.10. The van der Waals surface area contributed by atoms with E-state index in [1.54, 1.807) is 12.1 Å². The van der Waals surface area contributed by atoms with Gasteiger partial charge in [-0.05, 0) is 12.1 Å². The minimum Gasteiger partial charge on any atom is -0.312 e. The van der Waals surface area contributed by atoms with Crippen LogP contribution in [0.25, 0.3) is 5.69 Å². The molecule has 0 saturated carbocycles. The summed E-state index contributed by atoms with van der Waals surface area (Å²) in [5.41, 5.74) is 0.608. The first kappa shape index (κ1) is 13.7. The summed E-state index contributed by atoms with van der Waals surface area (Å²) >= 11 is 17.9. The van der Waals surface area contributed by atoms with Gasteiger partial charge in [0.25, 0.3) is 0 Å². The number of anilines is 1. The molecule has 19 heavy (non-hydrogen) atoms. The van der Waals surface area contributed by atoms with Crippen LogP contribution in [0.4, 0.5) is 5.82 Å². The maximum Gasteiger partial charge on any atom is 0.212 e. The van der Waals surface area contributed by atoms with Gasteiger partial charge in [-0.3, -0.25) is 4.79 Å². The van der Waals surface area contributed by atoms with Crippen LogP contribution in [0, 0.1) is 11.3 Å². The quantitative estimate of drug-likeness (QED) is 0.698. The number of nitriles is 1. The molecule has 0 bridgehead atoms. The SMILES string of the molecule is N#Cc1cnn(-c2ccc(Cl)c(Cl)c2Cl)c1NC=O. The highest BCUT2D eigenvalue weighted by Crippen LogP contribution is 2.35. The molecule has 96 valence electrons. The Kier molecular flexibility index (Phi) is 3.96. The molecule has 0 aliphatic carbocycles. The predicted molar refractivity (Wildman–Crippen MR) is 73.0 cm³/mol. The Labute approximate surface area is 123 Å². The number of carbonyl (C=O) groups is 1. The zero-order valence-electron chi connectivity index (χ0n) is 9.19. The van der Waals surface area contributed by atoms with E-state index in [0.29, 0.717) is 17.1 Å². The van der Waals surface area contributed by atoms with Crippen molar-refractivity contribution in [3.05, 3.63) is 39.0 Å². The highest BCUT2D eigenvalue weighted by molar-refractivity contribution is 6.48. The molecular formula is C11H5Cl3N4O. The molecule has 2 rings (SSSR count). The van der Waals surface area contributed by atoms with Gasteiger partial charge >= 0.3 is 0 Å². The summed E-state index contributed by atoms with van der Waals surface area (Å²) < 4.78 is 1.30. The van der Waals surface area contributed by atoms with Gasteiger partial charge in [-0.25, -0.2) is 4.68 Å². The number of nitrogens with one attached hydrogen (secondary N) is 1. The van der Waals surface area contributed by atoms with E-state index in [1.165, 1.54) is 10.9 Å². The average molecular weight is 316 g/mol. The molecule has 1 aromatic heterocycles. The number of hydrogen-bond acceptors (Lipinski definition) is 3. The molecule has 2 aromatic rings. The lowest BCUT2D eigenvalue weighted by Crippen LogP contribution is -2.06. The van der Waals surface area contributed by atoms with Crippen LogP contribution in [0.1, 0.15) is 5.56 Å². The molecule has 0 saturated heterocycles. The summed E-state index contributed by atoms with van der Waals surface area (Å²) in [5, 5.41) is 16.0. The van der Waals surface area contributed by atoms with E-state index in [4.69, 9.17) is 40.1 Å². The molecule has 0 aliphatic rings. The summed E-state index contributed by atoms with van der Waals surface area (Å²) in [7, 11) is 0. The molecule has 0 atom stereocenters. The molecule has 1 heterocycles. The van der Waals surface area contributed by atoms with Crippen molar-refractivity contribution in [3.8, 4) is 11.8 Å².